The summed E-state index contributed by atoms with van der Waals surface area (Å²) >= 11 is 6.03. The van der Waals surface area contributed by atoms with Gasteiger partial charge in [-0.2, -0.15) is 0 Å². The summed E-state index contributed by atoms with van der Waals surface area (Å²) in [6.45, 7) is 3.48. The third kappa shape index (κ3) is 4.73. The second-order valence-corrected chi connectivity index (χ2v) is 6.24. The lowest BCUT2D eigenvalue weighted by atomic mass is 10.1. The Morgan fingerprint density at radius 2 is 1.92 bits per heavy atom. The molecule has 0 unspecified atom stereocenters. The number of halogens is 1. The van der Waals surface area contributed by atoms with E-state index in [1.54, 1.807) is 34.1 Å². The molecule has 0 bridgehead atoms. The first-order valence-electron chi connectivity index (χ1n) is 8.00. The highest BCUT2D eigenvalue weighted by molar-refractivity contribution is 6.32. The molecule has 0 spiro atoms. The number of pyridine rings is 1. The lowest BCUT2D eigenvalue weighted by molar-refractivity contribution is -0.133. The van der Waals surface area contributed by atoms with Gasteiger partial charge in [0.25, 0.3) is 5.91 Å². The maximum absolute atomic E-state index is 12.3. The summed E-state index contributed by atoms with van der Waals surface area (Å²) < 4.78 is 10.4. The summed E-state index contributed by atoms with van der Waals surface area (Å²) in [5.41, 5.74) is 2.40. The van der Waals surface area contributed by atoms with Crippen molar-refractivity contribution in [1.82, 2.24) is 9.88 Å². The summed E-state index contributed by atoms with van der Waals surface area (Å²) in [4.78, 5) is 30.0. The van der Waals surface area contributed by atoms with Crippen LogP contribution in [0.25, 0.3) is 0 Å². The molecule has 26 heavy (non-hydrogen) atoms. The van der Waals surface area contributed by atoms with Crippen LogP contribution in [0.4, 0.5) is 0 Å². The summed E-state index contributed by atoms with van der Waals surface area (Å²) in [5.74, 6) is -0.311. The number of methoxy groups -OCH3 is 1. The number of benzene rings is 1. The number of carbonyl (C=O) groups is 2. The first-order chi connectivity index (χ1) is 12.3. The molecule has 1 aromatic heterocycles. The van der Waals surface area contributed by atoms with Crippen LogP contribution < -0.4 is 4.74 Å². The Balaban J connectivity index is 1.99. The average molecular weight is 377 g/mol. The van der Waals surface area contributed by atoms with Crippen molar-refractivity contribution in [1.29, 1.82) is 0 Å². The molecule has 0 fully saturated rings. The van der Waals surface area contributed by atoms with E-state index >= 15 is 0 Å². The number of ether oxygens (including phenoxy) is 2. The number of rotatable bonds is 6. The van der Waals surface area contributed by atoms with Crippen LogP contribution in [0, 0.1) is 13.8 Å². The standard InChI is InChI=1S/C19H21ClN2O4/c1-12-9-13(2)21-18(20)17(12)19(24)26-11-16(23)22(3)10-14-7-5-6-8-15(14)25-4/h5-9H,10-11H2,1-4H3. The monoisotopic (exact) mass is 376 g/mol. The Kier molecular flexibility index (Phi) is 6.58. The van der Waals surface area contributed by atoms with Crippen LogP contribution in [0.2, 0.25) is 5.15 Å². The third-order valence-corrected chi connectivity index (χ3v) is 4.13. The second-order valence-electron chi connectivity index (χ2n) is 5.88. The van der Waals surface area contributed by atoms with Crippen LogP contribution in [0.3, 0.4) is 0 Å². The first-order valence-corrected chi connectivity index (χ1v) is 8.38. The second kappa shape index (κ2) is 8.67. The number of hydrogen-bond donors (Lipinski definition) is 0. The molecular formula is C19H21ClN2O4. The zero-order valence-electron chi connectivity index (χ0n) is 15.2. The molecule has 0 N–H and O–H groups in total. The van der Waals surface area contributed by atoms with Crippen LogP contribution in [0.5, 0.6) is 5.75 Å². The fourth-order valence-electron chi connectivity index (χ4n) is 2.52. The predicted molar refractivity (Wildman–Crippen MR) is 98.5 cm³/mol. The fourth-order valence-corrected chi connectivity index (χ4v) is 2.88. The predicted octanol–water partition coefficient (Wildman–Crippen LogP) is 3.18. The Morgan fingerprint density at radius 1 is 1.23 bits per heavy atom. The van der Waals surface area contributed by atoms with E-state index in [9.17, 15) is 9.59 Å². The highest BCUT2D eigenvalue weighted by Crippen LogP contribution is 2.20. The van der Waals surface area contributed by atoms with Crippen LogP contribution in [0.15, 0.2) is 30.3 Å². The number of hydrogen-bond acceptors (Lipinski definition) is 5. The summed E-state index contributed by atoms with van der Waals surface area (Å²) in [6, 6.07) is 9.15. The average Bonchev–Trinajstić information content (AvgIpc) is 2.59. The first kappa shape index (κ1) is 19.7. The van der Waals surface area contributed by atoms with Gasteiger partial charge in [-0.1, -0.05) is 29.8 Å². The zero-order chi connectivity index (χ0) is 19.3. The molecule has 0 saturated heterocycles. The molecule has 1 amide bonds. The van der Waals surface area contributed by atoms with E-state index < -0.39 is 5.97 Å². The number of amides is 1. The lowest BCUT2D eigenvalue weighted by Crippen LogP contribution is -2.31. The van der Waals surface area contributed by atoms with Gasteiger partial charge < -0.3 is 14.4 Å². The molecule has 0 aliphatic heterocycles. The molecule has 0 aliphatic rings. The number of likely N-dealkylation sites (N-methyl/N-ethyl adjacent to an activating group) is 1. The van der Waals surface area contributed by atoms with Gasteiger partial charge in [0.05, 0.1) is 12.7 Å². The molecular weight excluding hydrogens is 356 g/mol. The van der Waals surface area contributed by atoms with Crippen LogP contribution in [-0.2, 0) is 16.1 Å². The van der Waals surface area contributed by atoms with Crippen molar-refractivity contribution >= 4 is 23.5 Å². The van der Waals surface area contributed by atoms with E-state index in [-0.39, 0.29) is 23.2 Å². The molecule has 2 aromatic rings. The molecule has 1 aromatic carbocycles. The van der Waals surface area contributed by atoms with E-state index in [2.05, 4.69) is 4.98 Å². The molecule has 7 heteroatoms. The number of aryl methyl sites for hydroxylation is 2. The van der Waals surface area contributed by atoms with Gasteiger partial charge in [0, 0.05) is 24.8 Å². The Hall–Kier alpha value is -2.60. The van der Waals surface area contributed by atoms with Crippen molar-refractivity contribution in [3.8, 4) is 5.75 Å². The van der Waals surface area contributed by atoms with Crippen LogP contribution >= 0.6 is 11.6 Å². The SMILES string of the molecule is COc1ccccc1CN(C)C(=O)COC(=O)c1c(C)cc(C)nc1Cl. The smallest absolute Gasteiger partial charge is 0.342 e. The number of aromatic nitrogens is 1. The normalized spacial score (nSPS) is 10.3. The van der Waals surface area contributed by atoms with Gasteiger partial charge in [0.15, 0.2) is 6.61 Å². The van der Waals surface area contributed by atoms with Crippen molar-refractivity contribution in [2.45, 2.75) is 20.4 Å². The van der Waals surface area contributed by atoms with Crippen molar-refractivity contribution in [2.24, 2.45) is 0 Å². The molecule has 1 heterocycles. The quantitative estimate of drug-likeness (QED) is 0.572. The highest BCUT2D eigenvalue weighted by atomic mass is 35.5. The van der Waals surface area contributed by atoms with E-state index in [1.165, 1.54) is 4.90 Å². The van der Waals surface area contributed by atoms with Crippen molar-refractivity contribution in [3.63, 3.8) is 0 Å². The number of esters is 1. The number of carbonyl (C=O) groups excluding carboxylic acids is 2. The van der Waals surface area contributed by atoms with Crippen LogP contribution in [-0.4, -0.2) is 42.5 Å². The Morgan fingerprint density at radius 3 is 2.58 bits per heavy atom. The molecule has 0 saturated carbocycles. The molecule has 0 atom stereocenters. The fraction of sp³-hybridized carbons (Fsp3) is 0.316. The van der Waals surface area contributed by atoms with E-state index in [0.29, 0.717) is 23.6 Å². The molecule has 2 rings (SSSR count). The van der Waals surface area contributed by atoms with Gasteiger partial charge in [-0.15, -0.1) is 0 Å². The topological polar surface area (TPSA) is 68.7 Å². The zero-order valence-corrected chi connectivity index (χ0v) is 16.0. The van der Waals surface area contributed by atoms with E-state index in [4.69, 9.17) is 21.1 Å². The van der Waals surface area contributed by atoms with Gasteiger partial charge in [-0.25, -0.2) is 9.78 Å². The summed E-state index contributed by atoms with van der Waals surface area (Å²) in [6.07, 6.45) is 0. The van der Waals surface area contributed by atoms with Gasteiger partial charge in [0.2, 0.25) is 0 Å². The lowest BCUT2D eigenvalue weighted by Gasteiger charge is -2.19. The minimum absolute atomic E-state index is 0.0716. The molecule has 0 radical (unpaired) electrons. The van der Waals surface area contributed by atoms with E-state index in [1.807, 2.05) is 24.3 Å². The number of nitrogens with zero attached hydrogens (tertiary/aromatic N) is 2. The van der Waals surface area contributed by atoms with E-state index in [0.717, 1.165) is 5.56 Å². The molecule has 6 nitrogen and oxygen atoms in total. The largest absolute Gasteiger partial charge is 0.496 e. The maximum Gasteiger partial charge on any atom is 0.342 e. The number of para-hydroxylation sites is 1. The van der Waals surface area contributed by atoms with Gasteiger partial charge in [-0.05, 0) is 31.5 Å². The molecule has 138 valence electrons. The van der Waals surface area contributed by atoms with Crippen molar-refractivity contribution < 1.29 is 19.1 Å². The minimum Gasteiger partial charge on any atom is -0.496 e. The van der Waals surface area contributed by atoms with Crippen molar-refractivity contribution in [3.05, 3.63) is 57.9 Å². The van der Waals surface area contributed by atoms with Gasteiger partial charge in [-0.3, -0.25) is 4.79 Å². The van der Waals surface area contributed by atoms with Crippen LogP contribution in [0.1, 0.15) is 27.2 Å². The summed E-state index contributed by atoms with van der Waals surface area (Å²) in [5, 5.41) is 0.0716. The molecule has 0 aliphatic carbocycles. The van der Waals surface area contributed by atoms with Crippen molar-refractivity contribution in [2.75, 3.05) is 20.8 Å². The third-order valence-electron chi connectivity index (χ3n) is 3.86. The summed E-state index contributed by atoms with van der Waals surface area (Å²) in [7, 11) is 3.21. The maximum atomic E-state index is 12.3. The van der Waals surface area contributed by atoms with Gasteiger partial charge in [0.1, 0.15) is 10.9 Å². The Labute approximate surface area is 157 Å². The van der Waals surface area contributed by atoms with Gasteiger partial charge >= 0.3 is 5.97 Å². The highest BCUT2D eigenvalue weighted by Gasteiger charge is 2.19. The Bertz CT molecular complexity index is 800. The minimum atomic E-state index is -0.668.